The minimum absolute atomic E-state index is 0.0590. The van der Waals surface area contributed by atoms with Gasteiger partial charge in [0.25, 0.3) is 0 Å². The molecule has 1 saturated carbocycles. The van der Waals surface area contributed by atoms with Crippen molar-refractivity contribution in [2.24, 2.45) is 23.2 Å². The van der Waals surface area contributed by atoms with Crippen molar-refractivity contribution < 1.29 is 14.3 Å². The summed E-state index contributed by atoms with van der Waals surface area (Å²) in [6.45, 7) is 16.5. The van der Waals surface area contributed by atoms with Gasteiger partial charge in [0, 0.05) is 5.92 Å². The molecule has 6 unspecified atom stereocenters. The Balaban J connectivity index is 1.76. The Morgan fingerprint density at radius 1 is 1.03 bits per heavy atom. The van der Waals surface area contributed by atoms with Crippen LogP contribution in [-0.4, -0.2) is 26.4 Å². The van der Waals surface area contributed by atoms with Gasteiger partial charge in [0.05, 0.1) is 12.2 Å². The van der Waals surface area contributed by atoms with E-state index in [1.165, 1.54) is 5.56 Å². The Kier molecular flexibility index (Phi) is 8.82. The molecule has 0 bridgehead atoms. The van der Waals surface area contributed by atoms with Gasteiger partial charge in [-0.15, -0.1) is 0 Å². The van der Waals surface area contributed by atoms with E-state index >= 15 is 0 Å². The summed E-state index contributed by atoms with van der Waals surface area (Å²) in [7, 11) is -0.819. The molecule has 2 aromatic carbocycles. The van der Waals surface area contributed by atoms with Gasteiger partial charge in [0.1, 0.15) is 12.4 Å². The molecule has 181 valence electrons. The molecule has 0 aliphatic heterocycles. The predicted molar refractivity (Wildman–Crippen MR) is 139 cm³/mol. The highest BCUT2D eigenvalue weighted by atomic mass is 28.3. The van der Waals surface area contributed by atoms with Crippen LogP contribution in [0.15, 0.2) is 54.6 Å². The molecule has 1 aliphatic rings. The van der Waals surface area contributed by atoms with Crippen molar-refractivity contribution in [3.8, 4) is 5.75 Å². The Morgan fingerprint density at radius 3 is 2.21 bits per heavy atom. The molecule has 2 aromatic rings. The number of ether oxygens (including phenoxy) is 1. The Bertz CT molecular complexity index is 843. The molecule has 6 atom stereocenters. The topological polar surface area (TPSA) is 38.7 Å². The van der Waals surface area contributed by atoms with E-state index < -0.39 is 9.04 Å². The standard InChI is InChI=1S/C29H43O3Si/c1-8-24-20(2)25(28(29(3,4)5)32-33(6)7)18-26(30)27(24)22-14-16-23(17-15-22)31-19-21-12-10-9-11-13-21/h9-17,20,24-28,30H,8,18-19H2,1-7H3. The normalized spacial score (nSPS) is 26.9. The molecule has 1 aliphatic carbocycles. The lowest BCUT2D eigenvalue weighted by Crippen LogP contribution is -2.50. The quantitative estimate of drug-likeness (QED) is 0.422. The summed E-state index contributed by atoms with van der Waals surface area (Å²) in [4.78, 5) is 0. The first-order valence-electron chi connectivity index (χ1n) is 12.5. The third-order valence-corrected chi connectivity index (χ3v) is 8.06. The van der Waals surface area contributed by atoms with Crippen LogP contribution in [0.25, 0.3) is 0 Å². The van der Waals surface area contributed by atoms with E-state index in [0.717, 1.165) is 24.2 Å². The third-order valence-electron chi connectivity index (χ3n) is 7.33. The minimum atomic E-state index is -0.819. The average Bonchev–Trinajstić information content (AvgIpc) is 2.77. The number of benzene rings is 2. The molecule has 0 amide bonds. The zero-order valence-corrected chi connectivity index (χ0v) is 22.5. The van der Waals surface area contributed by atoms with Crippen LogP contribution in [0.3, 0.4) is 0 Å². The van der Waals surface area contributed by atoms with Crippen molar-refractivity contribution >= 4 is 9.04 Å². The molecule has 4 heteroatoms. The SMILES string of the molecule is CCC1C(C)C(C(O[Si](C)C)C(C)(C)C)CC(O)C1c1ccc(OCc2ccccc2)cc1. The van der Waals surface area contributed by atoms with Crippen LogP contribution < -0.4 is 4.74 Å². The van der Waals surface area contributed by atoms with Crippen LogP contribution in [0.4, 0.5) is 0 Å². The molecule has 0 saturated heterocycles. The molecule has 0 spiro atoms. The largest absolute Gasteiger partial charge is 0.489 e. The highest BCUT2D eigenvalue weighted by molar-refractivity contribution is 6.48. The average molecular weight is 468 g/mol. The van der Waals surface area contributed by atoms with E-state index in [-0.39, 0.29) is 23.5 Å². The molecular formula is C29H43O3Si. The van der Waals surface area contributed by atoms with Crippen LogP contribution in [-0.2, 0) is 11.0 Å². The highest BCUT2D eigenvalue weighted by Gasteiger charge is 2.47. The second-order valence-corrected chi connectivity index (χ2v) is 13.1. The summed E-state index contributed by atoms with van der Waals surface area (Å²) in [5.41, 5.74) is 2.44. The summed E-state index contributed by atoms with van der Waals surface area (Å²) in [5, 5.41) is 11.4. The van der Waals surface area contributed by atoms with Gasteiger partial charge >= 0.3 is 0 Å². The van der Waals surface area contributed by atoms with Crippen LogP contribution in [0, 0.1) is 23.2 Å². The number of hydrogen-bond donors (Lipinski definition) is 1. The highest BCUT2D eigenvalue weighted by Crippen LogP contribution is 2.50. The number of rotatable bonds is 8. The van der Waals surface area contributed by atoms with Crippen LogP contribution in [0.2, 0.25) is 13.1 Å². The van der Waals surface area contributed by atoms with Gasteiger partial charge in [-0.2, -0.15) is 0 Å². The summed E-state index contributed by atoms with van der Waals surface area (Å²) in [6, 6.07) is 18.6. The predicted octanol–water partition coefficient (Wildman–Crippen LogP) is 7.07. The van der Waals surface area contributed by atoms with E-state index in [4.69, 9.17) is 9.16 Å². The first-order chi connectivity index (χ1) is 15.6. The first kappa shape index (κ1) is 26.0. The van der Waals surface area contributed by atoms with Crippen molar-refractivity contribution in [3.63, 3.8) is 0 Å². The summed E-state index contributed by atoms with van der Waals surface area (Å²) < 4.78 is 12.5. The molecule has 3 rings (SSSR count). The zero-order chi connectivity index (χ0) is 24.2. The number of aliphatic hydroxyl groups excluding tert-OH is 1. The molecule has 1 radical (unpaired) electrons. The molecule has 1 fully saturated rings. The summed E-state index contributed by atoms with van der Waals surface area (Å²) in [6.07, 6.45) is 1.67. The zero-order valence-electron chi connectivity index (χ0n) is 21.5. The third kappa shape index (κ3) is 6.49. The van der Waals surface area contributed by atoms with Gasteiger partial charge in [-0.1, -0.05) is 83.5 Å². The van der Waals surface area contributed by atoms with Gasteiger partial charge < -0.3 is 14.3 Å². The smallest absolute Gasteiger partial charge is 0.205 e. The van der Waals surface area contributed by atoms with Crippen molar-refractivity contribution in [3.05, 3.63) is 65.7 Å². The molecule has 3 nitrogen and oxygen atoms in total. The fraction of sp³-hybridized carbons (Fsp3) is 0.586. The lowest BCUT2D eigenvalue weighted by atomic mass is 9.59. The number of aliphatic hydroxyl groups is 1. The van der Waals surface area contributed by atoms with Crippen LogP contribution >= 0.6 is 0 Å². The number of hydrogen-bond acceptors (Lipinski definition) is 3. The molecular weight excluding hydrogens is 424 g/mol. The molecule has 1 N–H and O–H groups in total. The Labute approximate surface area is 203 Å². The Morgan fingerprint density at radius 2 is 1.67 bits per heavy atom. The molecule has 0 heterocycles. The molecule has 0 aromatic heterocycles. The second kappa shape index (κ2) is 11.2. The lowest BCUT2D eigenvalue weighted by Gasteiger charge is -2.50. The van der Waals surface area contributed by atoms with E-state index in [9.17, 15) is 5.11 Å². The van der Waals surface area contributed by atoms with E-state index in [2.05, 4.69) is 84.1 Å². The summed E-state index contributed by atoms with van der Waals surface area (Å²) in [5.74, 6) is 2.30. The van der Waals surface area contributed by atoms with Gasteiger partial charge in [-0.25, -0.2) is 0 Å². The lowest BCUT2D eigenvalue weighted by molar-refractivity contribution is -0.0684. The van der Waals surface area contributed by atoms with Crippen molar-refractivity contribution in [1.82, 2.24) is 0 Å². The van der Waals surface area contributed by atoms with Gasteiger partial charge in [0.15, 0.2) is 0 Å². The van der Waals surface area contributed by atoms with Gasteiger partial charge in [0.2, 0.25) is 9.04 Å². The maximum Gasteiger partial charge on any atom is 0.205 e. The minimum Gasteiger partial charge on any atom is -0.489 e. The first-order valence-corrected chi connectivity index (χ1v) is 14.9. The fourth-order valence-corrected chi connectivity index (χ4v) is 6.79. The van der Waals surface area contributed by atoms with Crippen LogP contribution in [0.5, 0.6) is 5.75 Å². The molecule has 33 heavy (non-hydrogen) atoms. The van der Waals surface area contributed by atoms with Crippen molar-refractivity contribution in [2.45, 2.75) is 85.3 Å². The monoisotopic (exact) mass is 467 g/mol. The summed E-state index contributed by atoms with van der Waals surface area (Å²) >= 11 is 0. The van der Waals surface area contributed by atoms with E-state index in [0.29, 0.717) is 24.4 Å². The Hall–Kier alpha value is -1.62. The maximum atomic E-state index is 11.4. The van der Waals surface area contributed by atoms with E-state index in [1.54, 1.807) is 0 Å². The van der Waals surface area contributed by atoms with Crippen LogP contribution in [0.1, 0.15) is 64.5 Å². The maximum absolute atomic E-state index is 11.4. The second-order valence-electron chi connectivity index (χ2n) is 11.1. The van der Waals surface area contributed by atoms with E-state index in [1.807, 2.05) is 18.2 Å². The van der Waals surface area contributed by atoms with Gasteiger partial charge in [-0.3, -0.25) is 0 Å². The van der Waals surface area contributed by atoms with Gasteiger partial charge in [-0.05, 0) is 65.9 Å². The van der Waals surface area contributed by atoms with Crippen molar-refractivity contribution in [2.75, 3.05) is 0 Å². The van der Waals surface area contributed by atoms with Crippen molar-refractivity contribution in [1.29, 1.82) is 0 Å². The fourth-order valence-electron chi connectivity index (χ4n) is 5.75.